The van der Waals surface area contributed by atoms with Gasteiger partial charge in [-0.25, -0.2) is 4.79 Å². The predicted octanol–water partition coefficient (Wildman–Crippen LogP) is -1.12. The van der Waals surface area contributed by atoms with Gasteiger partial charge in [0.1, 0.15) is 18.1 Å². The molecule has 38 heavy (non-hydrogen) atoms. The molecule has 2 rings (SSSR count). The number of aliphatic hydroxyl groups excluding tert-OH is 1. The van der Waals surface area contributed by atoms with Gasteiger partial charge in [0.05, 0.1) is 12.6 Å². The number of fused-ring (bicyclic) bond motifs is 1. The minimum absolute atomic E-state index is 0.158. The third-order valence-electron chi connectivity index (χ3n) is 6.36. The van der Waals surface area contributed by atoms with Gasteiger partial charge in [-0.3, -0.25) is 19.2 Å². The van der Waals surface area contributed by atoms with Crippen LogP contribution in [-0.2, 0) is 30.4 Å². The molecular weight excluding hydrogens is 496 g/mol. The Morgan fingerprint density at radius 2 is 1.63 bits per heavy atom. The van der Waals surface area contributed by atoms with Crippen molar-refractivity contribution in [3.63, 3.8) is 0 Å². The van der Waals surface area contributed by atoms with E-state index >= 15 is 0 Å². The van der Waals surface area contributed by atoms with Crippen LogP contribution in [0.15, 0.2) is 30.5 Å². The highest BCUT2D eigenvalue weighted by atomic mass is 16.4. The molecule has 0 aliphatic rings. The molecule has 13 heteroatoms. The zero-order chi connectivity index (χ0) is 28.4. The van der Waals surface area contributed by atoms with E-state index in [1.54, 1.807) is 20.0 Å². The maximum atomic E-state index is 12.8. The number of aliphatic hydroxyl groups is 1. The number of hydrogen-bond donors (Lipinski definition) is 8. The lowest BCUT2D eigenvalue weighted by Crippen LogP contribution is -2.58. The zero-order valence-electron chi connectivity index (χ0n) is 21.4. The molecular formula is C25H36N6O7. The SMILES string of the molecule is CCC(C)C(NC(=O)C(CCC(N)=O)NC(=O)C(CO)NC(=O)C(N)Cc1c[nH]c2ccccc12)C(=O)O. The molecule has 208 valence electrons. The monoisotopic (exact) mass is 532 g/mol. The van der Waals surface area contributed by atoms with Crippen molar-refractivity contribution >= 4 is 40.5 Å². The van der Waals surface area contributed by atoms with Crippen LogP contribution in [-0.4, -0.2) is 75.6 Å². The summed E-state index contributed by atoms with van der Waals surface area (Å²) >= 11 is 0. The lowest BCUT2D eigenvalue weighted by Gasteiger charge is -2.26. The zero-order valence-corrected chi connectivity index (χ0v) is 21.4. The van der Waals surface area contributed by atoms with Gasteiger partial charge < -0.3 is 42.6 Å². The van der Waals surface area contributed by atoms with Crippen molar-refractivity contribution in [1.82, 2.24) is 20.9 Å². The van der Waals surface area contributed by atoms with Crippen LogP contribution in [0.3, 0.4) is 0 Å². The number of carbonyl (C=O) groups excluding carboxylic acids is 4. The van der Waals surface area contributed by atoms with Gasteiger partial charge in [-0.05, 0) is 30.4 Å². The summed E-state index contributed by atoms with van der Waals surface area (Å²) in [5, 5.41) is 27.2. The number of carboxylic acid groups (broad SMARTS) is 1. The molecule has 2 aromatic rings. The van der Waals surface area contributed by atoms with E-state index in [1.165, 1.54) is 0 Å². The summed E-state index contributed by atoms with van der Waals surface area (Å²) in [5.41, 5.74) is 12.9. The highest BCUT2D eigenvalue weighted by Gasteiger charge is 2.32. The number of para-hydroxylation sites is 1. The number of hydrogen-bond acceptors (Lipinski definition) is 7. The topological polar surface area (TPSA) is 230 Å². The largest absolute Gasteiger partial charge is 0.480 e. The standard InChI is InChI=1S/C25H36N6O7/c1-3-13(2)21(25(37)38)31-23(35)18(8-9-20(27)33)29-24(36)19(12-32)30-22(34)16(26)10-14-11-28-17-7-5-4-6-15(14)17/h4-7,11,13,16,18-19,21,28,32H,3,8-10,12,26H2,1-2H3,(H2,27,33)(H,29,36)(H,30,34)(H,31,35)(H,37,38). The highest BCUT2D eigenvalue weighted by Crippen LogP contribution is 2.18. The van der Waals surface area contributed by atoms with Gasteiger partial charge >= 0.3 is 5.97 Å². The van der Waals surface area contributed by atoms with Crippen molar-refractivity contribution < 1.29 is 34.2 Å². The van der Waals surface area contributed by atoms with E-state index in [1.807, 2.05) is 24.3 Å². The molecule has 0 aliphatic carbocycles. The van der Waals surface area contributed by atoms with E-state index in [9.17, 15) is 34.2 Å². The van der Waals surface area contributed by atoms with Crippen molar-refractivity contribution in [3.05, 3.63) is 36.0 Å². The predicted molar refractivity (Wildman–Crippen MR) is 138 cm³/mol. The Hall–Kier alpha value is -3.97. The van der Waals surface area contributed by atoms with E-state index in [0.717, 1.165) is 16.5 Å². The lowest BCUT2D eigenvalue weighted by molar-refractivity contribution is -0.144. The molecule has 0 saturated carbocycles. The van der Waals surface area contributed by atoms with Crippen molar-refractivity contribution in [1.29, 1.82) is 0 Å². The summed E-state index contributed by atoms with van der Waals surface area (Å²) in [4.78, 5) is 64.4. The Morgan fingerprint density at radius 3 is 2.24 bits per heavy atom. The number of primary amides is 1. The van der Waals surface area contributed by atoms with Crippen LogP contribution in [0, 0.1) is 5.92 Å². The minimum atomic E-state index is -1.45. The number of aliphatic carboxylic acids is 1. The van der Waals surface area contributed by atoms with Crippen molar-refractivity contribution in [2.45, 2.75) is 63.7 Å². The van der Waals surface area contributed by atoms with Crippen LogP contribution in [0.2, 0.25) is 0 Å². The van der Waals surface area contributed by atoms with Gasteiger partial charge in [0.2, 0.25) is 23.6 Å². The summed E-state index contributed by atoms with van der Waals surface area (Å²) in [6.45, 7) is 2.61. The maximum Gasteiger partial charge on any atom is 0.326 e. The minimum Gasteiger partial charge on any atom is -0.480 e. The number of H-pyrrole nitrogens is 1. The first-order valence-electron chi connectivity index (χ1n) is 12.3. The number of carbonyl (C=O) groups is 5. The second-order valence-corrected chi connectivity index (χ2v) is 9.19. The first kappa shape index (κ1) is 30.3. The fraction of sp³-hybridized carbons (Fsp3) is 0.480. The quantitative estimate of drug-likeness (QED) is 0.140. The maximum absolute atomic E-state index is 12.8. The van der Waals surface area contributed by atoms with Crippen molar-refractivity contribution in [2.75, 3.05) is 6.61 Å². The van der Waals surface area contributed by atoms with Crippen LogP contribution >= 0.6 is 0 Å². The first-order valence-corrected chi connectivity index (χ1v) is 12.3. The van der Waals surface area contributed by atoms with Crippen molar-refractivity contribution in [2.24, 2.45) is 17.4 Å². The van der Waals surface area contributed by atoms with Crippen LogP contribution in [0.25, 0.3) is 10.9 Å². The Bertz CT molecular complexity index is 1150. The van der Waals surface area contributed by atoms with E-state index in [-0.39, 0.29) is 19.3 Å². The molecule has 10 N–H and O–H groups in total. The van der Waals surface area contributed by atoms with Gasteiger partial charge in [0.15, 0.2) is 0 Å². The number of aromatic nitrogens is 1. The van der Waals surface area contributed by atoms with E-state index in [0.29, 0.717) is 6.42 Å². The number of nitrogens with one attached hydrogen (secondary N) is 4. The Balaban J connectivity index is 2.07. The Morgan fingerprint density at radius 1 is 1.00 bits per heavy atom. The second-order valence-electron chi connectivity index (χ2n) is 9.19. The summed E-state index contributed by atoms with van der Waals surface area (Å²) in [6, 6.07) is 2.41. The number of rotatable bonds is 15. The summed E-state index contributed by atoms with van der Waals surface area (Å²) in [7, 11) is 0. The summed E-state index contributed by atoms with van der Waals surface area (Å²) < 4.78 is 0. The average Bonchev–Trinajstić information content (AvgIpc) is 3.29. The van der Waals surface area contributed by atoms with Gasteiger partial charge in [-0.2, -0.15) is 0 Å². The molecule has 13 nitrogen and oxygen atoms in total. The molecule has 0 bridgehead atoms. The Kier molecular flexibility index (Phi) is 11.2. The van der Waals surface area contributed by atoms with Crippen molar-refractivity contribution in [3.8, 4) is 0 Å². The number of amides is 4. The van der Waals surface area contributed by atoms with E-state index < -0.39 is 66.3 Å². The van der Waals surface area contributed by atoms with Crippen LogP contribution in [0.4, 0.5) is 0 Å². The van der Waals surface area contributed by atoms with E-state index in [4.69, 9.17) is 11.5 Å². The smallest absolute Gasteiger partial charge is 0.326 e. The van der Waals surface area contributed by atoms with Crippen LogP contribution in [0.1, 0.15) is 38.7 Å². The van der Waals surface area contributed by atoms with Gasteiger partial charge in [-0.15, -0.1) is 0 Å². The van der Waals surface area contributed by atoms with Gasteiger partial charge in [-0.1, -0.05) is 38.5 Å². The molecule has 1 heterocycles. The number of nitrogens with two attached hydrogens (primary N) is 2. The Labute approximate surface area is 219 Å². The van der Waals surface area contributed by atoms with Gasteiger partial charge in [0.25, 0.3) is 0 Å². The first-order chi connectivity index (χ1) is 18.0. The normalized spacial score (nSPS) is 15.1. The number of carboxylic acids is 1. The molecule has 0 saturated heterocycles. The summed E-state index contributed by atoms with van der Waals surface area (Å²) in [5.74, 6) is -4.86. The van der Waals surface area contributed by atoms with Crippen LogP contribution in [0.5, 0.6) is 0 Å². The fourth-order valence-electron chi connectivity index (χ4n) is 3.87. The highest BCUT2D eigenvalue weighted by molar-refractivity contribution is 5.94. The van der Waals surface area contributed by atoms with E-state index in [2.05, 4.69) is 20.9 Å². The fourth-order valence-corrected chi connectivity index (χ4v) is 3.87. The van der Waals surface area contributed by atoms with Gasteiger partial charge in [0, 0.05) is 23.5 Å². The molecule has 0 radical (unpaired) electrons. The molecule has 5 atom stereocenters. The second kappa shape index (κ2) is 14.1. The third kappa shape index (κ3) is 8.28. The third-order valence-corrected chi connectivity index (χ3v) is 6.36. The molecule has 0 fully saturated rings. The molecule has 4 amide bonds. The molecule has 0 aliphatic heterocycles. The van der Waals surface area contributed by atoms with Crippen LogP contribution < -0.4 is 27.4 Å². The molecule has 0 spiro atoms. The average molecular weight is 533 g/mol. The summed E-state index contributed by atoms with van der Waals surface area (Å²) in [6.07, 6.45) is 1.87. The molecule has 1 aromatic heterocycles. The molecule has 5 unspecified atom stereocenters. The molecule has 1 aromatic carbocycles. The number of aromatic amines is 1. The number of benzene rings is 1. The lowest BCUT2D eigenvalue weighted by atomic mass is 9.98.